The van der Waals surface area contributed by atoms with E-state index in [9.17, 15) is 18.8 Å². The second kappa shape index (κ2) is 11.0. The minimum absolute atomic E-state index is 0.000968. The van der Waals surface area contributed by atoms with Crippen LogP contribution in [0, 0.1) is 5.82 Å². The maximum absolute atomic E-state index is 13.4. The molecule has 0 aliphatic carbocycles. The van der Waals surface area contributed by atoms with Gasteiger partial charge in [0.05, 0.1) is 12.0 Å². The Bertz CT molecular complexity index is 1560. The average Bonchev–Trinajstić information content (AvgIpc) is 2.88. The zero-order valence-corrected chi connectivity index (χ0v) is 19.9. The van der Waals surface area contributed by atoms with Gasteiger partial charge in [-0.2, -0.15) is 4.99 Å². The highest BCUT2D eigenvalue weighted by atomic mass is 19.1. The molecule has 0 aliphatic heterocycles. The molecular weight excluding hydrogens is 467 g/mol. The van der Waals surface area contributed by atoms with E-state index < -0.39 is 17.7 Å². The van der Waals surface area contributed by atoms with E-state index in [-0.39, 0.29) is 46.4 Å². The first kappa shape index (κ1) is 24.9. The number of benzene rings is 1. The summed E-state index contributed by atoms with van der Waals surface area (Å²) < 4.78 is 27.0. The van der Waals surface area contributed by atoms with Gasteiger partial charge in [-0.3, -0.25) is 14.0 Å². The minimum atomic E-state index is -0.735. The number of fused-ring (bicyclic) bond motifs is 2. The Morgan fingerprint density at radius 3 is 2.58 bits per heavy atom. The molecule has 0 saturated carbocycles. The number of aromatic nitrogens is 3. The van der Waals surface area contributed by atoms with Gasteiger partial charge in [0.25, 0.3) is 11.5 Å². The smallest absolute Gasteiger partial charge is 0.341 e. The maximum atomic E-state index is 13.4. The highest BCUT2D eigenvalue weighted by Gasteiger charge is 2.20. The standard InChI is InChI=1S/C26H25FN4O5/c1-3-35-15-7-14-31-22-19(25(33)30-13-6-5-8-21(30)28-22)16-20(26(34)36-4-2)23(31)29-24(32)17-9-11-18(27)12-10-17/h5-6,8-13,16H,3-4,7,14-15H2,1-2H3. The van der Waals surface area contributed by atoms with Gasteiger partial charge in [0.15, 0.2) is 5.49 Å². The third kappa shape index (κ3) is 5.08. The van der Waals surface area contributed by atoms with Crippen molar-refractivity contribution >= 4 is 28.6 Å². The van der Waals surface area contributed by atoms with E-state index >= 15 is 0 Å². The number of hydrogen-bond acceptors (Lipinski definition) is 6. The van der Waals surface area contributed by atoms with Crippen LogP contribution in [0.5, 0.6) is 0 Å². The second-order valence-corrected chi connectivity index (χ2v) is 7.81. The van der Waals surface area contributed by atoms with Crippen molar-refractivity contribution in [2.24, 2.45) is 4.99 Å². The fourth-order valence-electron chi connectivity index (χ4n) is 3.79. The quantitative estimate of drug-likeness (QED) is 0.213. The van der Waals surface area contributed by atoms with Crippen molar-refractivity contribution in [3.8, 4) is 0 Å². The van der Waals surface area contributed by atoms with Gasteiger partial charge in [0, 0.05) is 31.5 Å². The topological polar surface area (TPSA) is 104 Å². The maximum Gasteiger partial charge on any atom is 0.341 e. The zero-order valence-electron chi connectivity index (χ0n) is 19.9. The lowest BCUT2D eigenvalue weighted by molar-refractivity contribution is 0.0523. The molecule has 0 fully saturated rings. The molecule has 0 atom stereocenters. The first-order chi connectivity index (χ1) is 17.4. The summed E-state index contributed by atoms with van der Waals surface area (Å²) in [5, 5.41) is 0.173. The second-order valence-electron chi connectivity index (χ2n) is 7.81. The Kier molecular flexibility index (Phi) is 7.65. The average molecular weight is 493 g/mol. The van der Waals surface area contributed by atoms with Crippen molar-refractivity contribution in [3.63, 3.8) is 0 Å². The van der Waals surface area contributed by atoms with Crippen LogP contribution in [0.15, 0.2) is 64.5 Å². The molecular formula is C26H25FN4O5. The van der Waals surface area contributed by atoms with Crippen LogP contribution in [-0.4, -0.2) is 45.6 Å². The summed E-state index contributed by atoms with van der Waals surface area (Å²) in [4.78, 5) is 48.2. The van der Waals surface area contributed by atoms with Gasteiger partial charge in [0.2, 0.25) is 0 Å². The Hall–Kier alpha value is -4.18. The number of pyridine rings is 2. The number of esters is 1. The summed E-state index contributed by atoms with van der Waals surface area (Å²) in [6.07, 6.45) is 2.09. The molecule has 9 nitrogen and oxygen atoms in total. The van der Waals surface area contributed by atoms with Crippen LogP contribution in [0.4, 0.5) is 4.39 Å². The number of aryl methyl sites for hydroxylation is 1. The van der Waals surface area contributed by atoms with Gasteiger partial charge in [0.1, 0.15) is 22.7 Å². The van der Waals surface area contributed by atoms with E-state index in [2.05, 4.69) is 9.98 Å². The Balaban J connectivity index is 2.04. The molecule has 10 heteroatoms. The molecule has 4 rings (SSSR count). The highest BCUT2D eigenvalue weighted by Crippen LogP contribution is 2.13. The Morgan fingerprint density at radius 1 is 1.08 bits per heavy atom. The molecule has 0 saturated heterocycles. The Labute approximate surface area is 205 Å². The first-order valence-corrected chi connectivity index (χ1v) is 11.6. The summed E-state index contributed by atoms with van der Waals surface area (Å²) in [5.74, 6) is -1.91. The van der Waals surface area contributed by atoms with Crippen LogP contribution >= 0.6 is 0 Å². The summed E-state index contributed by atoms with van der Waals surface area (Å²) in [5.41, 5.74) is 0.370. The molecule has 1 amide bonds. The van der Waals surface area contributed by atoms with Crippen molar-refractivity contribution in [2.45, 2.75) is 26.8 Å². The summed E-state index contributed by atoms with van der Waals surface area (Å²) >= 11 is 0. The van der Waals surface area contributed by atoms with E-state index in [1.54, 1.807) is 35.9 Å². The monoisotopic (exact) mass is 492 g/mol. The third-order valence-corrected chi connectivity index (χ3v) is 5.46. The predicted molar refractivity (Wildman–Crippen MR) is 130 cm³/mol. The summed E-state index contributed by atoms with van der Waals surface area (Å²) in [6.45, 7) is 4.81. The molecule has 186 valence electrons. The SMILES string of the molecule is CCOCCCn1c(=NC(=O)c2ccc(F)cc2)c(C(=O)OCC)cc2c(=O)n3ccccc3nc21. The fourth-order valence-corrected chi connectivity index (χ4v) is 3.79. The lowest BCUT2D eigenvalue weighted by Crippen LogP contribution is -2.33. The molecule has 36 heavy (non-hydrogen) atoms. The van der Waals surface area contributed by atoms with Gasteiger partial charge >= 0.3 is 5.97 Å². The molecule has 3 heterocycles. The largest absolute Gasteiger partial charge is 0.462 e. The molecule has 3 aromatic heterocycles. The number of rotatable bonds is 8. The van der Waals surface area contributed by atoms with Crippen molar-refractivity contribution in [1.29, 1.82) is 0 Å². The van der Waals surface area contributed by atoms with Crippen molar-refractivity contribution < 1.29 is 23.5 Å². The lowest BCUT2D eigenvalue weighted by Gasteiger charge is -2.15. The number of nitrogens with zero attached hydrogens (tertiary/aromatic N) is 4. The van der Waals surface area contributed by atoms with E-state index in [4.69, 9.17) is 9.47 Å². The van der Waals surface area contributed by atoms with E-state index in [0.29, 0.717) is 25.3 Å². The van der Waals surface area contributed by atoms with Gasteiger partial charge < -0.3 is 14.0 Å². The number of amides is 1. The van der Waals surface area contributed by atoms with Crippen molar-refractivity contribution in [1.82, 2.24) is 14.0 Å². The van der Waals surface area contributed by atoms with Crippen molar-refractivity contribution in [3.05, 3.63) is 87.5 Å². The zero-order chi connectivity index (χ0) is 25.7. The number of hydrogen-bond donors (Lipinski definition) is 0. The first-order valence-electron chi connectivity index (χ1n) is 11.6. The van der Waals surface area contributed by atoms with Crippen LogP contribution in [0.2, 0.25) is 0 Å². The summed E-state index contributed by atoms with van der Waals surface area (Å²) in [6, 6.07) is 11.4. The molecule has 1 aromatic carbocycles. The predicted octanol–water partition coefficient (Wildman–Crippen LogP) is 3.13. The fraction of sp³-hybridized carbons (Fsp3) is 0.269. The number of ether oxygens (including phenoxy) is 2. The summed E-state index contributed by atoms with van der Waals surface area (Å²) in [7, 11) is 0. The van der Waals surface area contributed by atoms with Crippen LogP contribution < -0.4 is 11.0 Å². The number of halogens is 1. The highest BCUT2D eigenvalue weighted by molar-refractivity contribution is 5.97. The van der Waals surface area contributed by atoms with Gasteiger partial charge in [-0.05, 0) is 62.7 Å². The van der Waals surface area contributed by atoms with E-state index in [1.165, 1.54) is 22.6 Å². The lowest BCUT2D eigenvalue weighted by atomic mass is 10.2. The molecule has 0 bridgehead atoms. The molecule has 0 radical (unpaired) electrons. The van der Waals surface area contributed by atoms with Crippen LogP contribution in [-0.2, 0) is 16.0 Å². The van der Waals surface area contributed by atoms with Crippen molar-refractivity contribution in [2.75, 3.05) is 19.8 Å². The van der Waals surface area contributed by atoms with Crippen LogP contribution in [0.1, 0.15) is 41.0 Å². The molecule has 0 spiro atoms. The minimum Gasteiger partial charge on any atom is -0.462 e. The van der Waals surface area contributed by atoms with E-state index in [0.717, 1.165) is 12.1 Å². The molecule has 0 N–H and O–H groups in total. The number of carbonyl (C=O) groups is 2. The molecule has 4 aromatic rings. The van der Waals surface area contributed by atoms with E-state index in [1.807, 2.05) is 6.92 Å². The van der Waals surface area contributed by atoms with Gasteiger partial charge in [-0.1, -0.05) is 6.07 Å². The van der Waals surface area contributed by atoms with Crippen LogP contribution in [0.25, 0.3) is 16.7 Å². The third-order valence-electron chi connectivity index (χ3n) is 5.46. The van der Waals surface area contributed by atoms with Gasteiger partial charge in [-0.15, -0.1) is 0 Å². The molecule has 0 aliphatic rings. The van der Waals surface area contributed by atoms with Crippen LogP contribution in [0.3, 0.4) is 0 Å². The normalized spacial score (nSPS) is 11.8. The Morgan fingerprint density at radius 2 is 1.86 bits per heavy atom. The van der Waals surface area contributed by atoms with Gasteiger partial charge in [-0.25, -0.2) is 14.2 Å². The number of carbonyl (C=O) groups excluding carboxylic acids is 2. The molecule has 0 unspecified atom stereocenters.